The minimum absolute atomic E-state index is 0.0126. The highest BCUT2D eigenvalue weighted by atomic mass is 32.2. The third-order valence-corrected chi connectivity index (χ3v) is 3.44. The number of hydrogen-bond donors (Lipinski definition) is 1. The smallest absolute Gasteiger partial charge is 0.248 e. The molecule has 1 rings (SSSR count). The number of hydrogen-bond acceptors (Lipinski definition) is 4. The predicted octanol–water partition coefficient (Wildman–Crippen LogP) is -1.76. The normalized spacial score (nSPS) is 22.2. The maximum Gasteiger partial charge on any atom is 0.248 e. The Kier molecular flexibility index (Phi) is 2.69. The lowest BCUT2D eigenvalue weighted by Crippen LogP contribution is -2.44. The van der Waals surface area contributed by atoms with Crippen LogP contribution in [0.1, 0.15) is 0 Å². The lowest BCUT2D eigenvalue weighted by Gasteiger charge is -2.25. The van der Waals surface area contributed by atoms with Crippen molar-refractivity contribution in [2.75, 3.05) is 31.2 Å². The van der Waals surface area contributed by atoms with Gasteiger partial charge in [0, 0.05) is 13.1 Å². The van der Waals surface area contributed by atoms with Crippen molar-refractivity contribution < 1.29 is 18.3 Å². The van der Waals surface area contributed by atoms with Crippen LogP contribution in [0.3, 0.4) is 0 Å². The van der Waals surface area contributed by atoms with Gasteiger partial charge >= 0.3 is 0 Å². The van der Waals surface area contributed by atoms with Gasteiger partial charge in [0.1, 0.15) is 6.61 Å². The van der Waals surface area contributed by atoms with E-state index in [9.17, 15) is 13.2 Å². The second-order valence-corrected chi connectivity index (χ2v) is 4.99. The number of aliphatic hydroxyl groups excluding tert-OH is 1. The average Bonchev–Trinajstić information content (AvgIpc) is 2.03. The molecule has 5 nitrogen and oxygen atoms in total. The van der Waals surface area contributed by atoms with Crippen molar-refractivity contribution in [3.8, 4) is 0 Å². The first kappa shape index (κ1) is 9.47. The zero-order chi connectivity index (χ0) is 9.19. The predicted molar refractivity (Wildman–Crippen MR) is 42.3 cm³/mol. The topological polar surface area (TPSA) is 74.7 Å². The standard InChI is InChI=1S/C6H11NO4S/c8-5-6(9)7-1-3-12(10,11)4-2-7/h8H,1-5H2. The maximum absolute atomic E-state index is 10.9. The van der Waals surface area contributed by atoms with Gasteiger partial charge in [-0.05, 0) is 0 Å². The van der Waals surface area contributed by atoms with Crippen molar-refractivity contribution in [1.82, 2.24) is 4.90 Å². The molecule has 0 aromatic carbocycles. The largest absolute Gasteiger partial charge is 0.387 e. The van der Waals surface area contributed by atoms with E-state index in [4.69, 9.17) is 5.11 Å². The van der Waals surface area contributed by atoms with Crippen molar-refractivity contribution in [2.45, 2.75) is 0 Å². The minimum Gasteiger partial charge on any atom is -0.387 e. The van der Waals surface area contributed by atoms with Gasteiger partial charge < -0.3 is 10.0 Å². The summed E-state index contributed by atoms with van der Waals surface area (Å²) in [4.78, 5) is 12.2. The summed E-state index contributed by atoms with van der Waals surface area (Å²) in [5, 5.41) is 8.48. The minimum atomic E-state index is -2.93. The fourth-order valence-electron chi connectivity index (χ4n) is 1.06. The Morgan fingerprint density at radius 3 is 2.25 bits per heavy atom. The summed E-state index contributed by atoms with van der Waals surface area (Å²) in [5.74, 6) is -0.373. The molecule has 1 saturated heterocycles. The van der Waals surface area contributed by atoms with Crippen LogP contribution >= 0.6 is 0 Å². The molecular formula is C6H11NO4S. The van der Waals surface area contributed by atoms with E-state index in [2.05, 4.69) is 0 Å². The first-order valence-electron chi connectivity index (χ1n) is 3.64. The first-order valence-corrected chi connectivity index (χ1v) is 5.46. The van der Waals surface area contributed by atoms with E-state index < -0.39 is 22.4 Å². The highest BCUT2D eigenvalue weighted by Crippen LogP contribution is 2.03. The van der Waals surface area contributed by atoms with E-state index in [1.165, 1.54) is 4.90 Å². The Morgan fingerprint density at radius 1 is 1.33 bits per heavy atom. The summed E-state index contributed by atoms with van der Waals surface area (Å²) in [6, 6.07) is 0. The molecule has 0 spiro atoms. The number of aliphatic hydroxyl groups is 1. The molecule has 70 valence electrons. The van der Waals surface area contributed by atoms with Gasteiger partial charge in [-0.3, -0.25) is 4.79 Å². The van der Waals surface area contributed by atoms with Crippen LogP contribution < -0.4 is 0 Å². The zero-order valence-corrected chi connectivity index (χ0v) is 7.38. The number of nitrogens with zero attached hydrogens (tertiary/aromatic N) is 1. The Labute approximate surface area is 70.9 Å². The Balaban J connectivity index is 2.52. The van der Waals surface area contributed by atoms with E-state index in [1.807, 2.05) is 0 Å². The van der Waals surface area contributed by atoms with Gasteiger partial charge in [-0.2, -0.15) is 0 Å². The fourth-order valence-corrected chi connectivity index (χ4v) is 2.26. The van der Waals surface area contributed by atoms with Crippen molar-refractivity contribution in [3.63, 3.8) is 0 Å². The van der Waals surface area contributed by atoms with Crippen LogP contribution in [0.4, 0.5) is 0 Å². The van der Waals surface area contributed by atoms with Crippen LogP contribution in [0.2, 0.25) is 0 Å². The van der Waals surface area contributed by atoms with Gasteiger partial charge in [0.25, 0.3) is 0 Å². The third kappa shape index (κ3) is 2.18. The van der Waals surface area contributed by atoms with Crippen LogP contribution in [0.5, 0.6) is 0 Å². The molecule has 0 aromatic rings. The van der Waals surface area contributed by atoms with Gasteiger partial charge in [-0.15, -0.1) is 0 Å². The molecule has 0 bridgehead atoms. The molecule has 1 aliphatic rings. The molecule has 1 N–H and O–H groups in total. The van der Waals surface area contributed by atoms with E-state index in [-0.39, 0.29) is 24.6 Å². The second-order valence-electron chi connectivity index (χ2n) is 2.69. The SMILES string of the molecule is O=C(CO)N1CCS(=O)(=O)CC1. The van der Waals surface area contributed by atoms with Gasteiger partial charge in [0.05, 0.1) is 11.5 Å². The zero-order valence-electron chi connectivity index (χ0n) is 6.56. The Hall–Kier alpha value is -0.620. The molecule has 1 aliphatic heterocycles. The molecule has 6 heteroatoms. The summed E-state index contributed by atoms with van der Waals surface area (Å²) in [7, 11) is -2.93. The number of carbonyl (C=O) groups excluding carboxylic acids is 1. The molecule has 0 saturated carbocycles. The molecule has 1 fully saturated rings. The number of amides is 1. The average molecular weight is 193 g/mol. The van der Waals surface area contributed by atoms with Crippen molar-refractivity contribution in [3.05, 3.63) is 0 Å². The van der Waals surface area contributed by atoms with E-state index >= 15 is 0 Å². The monoisotopic (exact) mass is 193 g/mol. The summed E-state index contributed by atoms with van der Waals surface area (Å²) < 4.78 is 21.8. The van der Waals surface area contributed by atoms with Crippen molar-refractivity contribution in [1.29, 1.82) is 0 Å². The maximum atomic E-state index is 10.9. The summed E-state index contributed by atoms with van der Waals surface area (Å²) in [6.07, 6.45) is 0. The summed E-state index contributed by atoms with van der Waals surface area (Å²) in [5.41, 5.74) is 0. The van der Waals surface area contributed by atoms with Gasteiger partial charge in [-0.1, -0.05) is 0 Å². The third-order valence-electron chi connectivity index (χ3n) is 1.83. The van der Waals surface area contributed by atoms with Gasteiger partial charge in [0.2, 0.25) is 5.91 Å². The molecule has 12 heavy (non-hydrogen) atoms. The summed E-state index contributed by atoms with van der Waals surface area (Å²) in [6.45, 7) is -0.122. The molecule has 1 amide bonds. The van der Waals surface area contributed by atoms with E-state index in [1.54, 1.807) is 0 Å². The van der Waals surface area contributed by atoms with Crippen LogP contribution in [-0.2, 0) is 14.6 Å². The molecule has 1 heterocycles. The fraction of sp³-hybridized carbons (Fsp3) is 0.833. The van der Waals surface area contributed by atoms with Crippen molar-refractivity contribution in [2.24, 2.45) is 0 Å². The van der Waals surface area contributed by atoms with E-state index in [0.29, 0.717) is 0 Å². The summed E-state index contributed by atoms with van der Waals surface area (Å²) >= 11 is 0. The lowest BCUT2D eigenvalue weighted by atomic mass is 10.4. The molecule has 0 atom stereocenters. The number of carbonyl (C=O) groups is 1. The molecule has 0 radical (unpaired) electrons. The van der Waals surface area contributed by atoms with Crippen molar-refractivity contribution >= 4 is 15.7 Å². The van der Waals surface area contributed by atoms with Gasteiger partial charge in [-0.25, -0.2) is 8.42 Å². The van der Waals surface area contributed by atoms with Crippen LogP contribution in [0.15, 0.2) is 0 Å². The van der Waals surface area contributed by atoms with Crippen LogP contribution in [-0.4, -0.2) is 55.5 Å². The highest BCUT2D eigenvalue weighted by molar-refractivity contribution is 7.91. The molecule has 0 aromatic heterocycles. The van der Waals surface area contributed by atoms with Crippen LogP contribution in [0, 0.1) is 0 Å². The quantitative estimate of drug-likeness (QED) is 0.535. The molecule has 0 unspecified atom stereocenters. The number of rotatable bonds is 1. The Bertz CT molecular complexity index is 257. The second kappa shape index (κ2) is 3.40. The van der Waals surface area contributed by atoms with Gasteiger partial charge in [0.15, 0.2) is 9.84 Å². The Morgan fingerprint density at radius 2 is 1.83 bits per heavy atom. The lowest BCUT2D eigenvalue weighted by molar-refractivity contribution is -0.133. The first-order chi connectivity index (χ1) is 5.55. The molecular weight excluding hydrogens is 182 g/mol. The van der Waals surface area contributed by atoms with Crippen LogP contribution in [0.25, 0.3) is 0 Å². The van der Waals surface area contributed by atoms with E-state index in [0.717, 1.165) is 0 Å². The molecule has 0 aliphatic carbocycles. The highest BCUT2D eigenvalue weighted by Gasteiger charge is 2.23. The number of sulfone groups is 1.